The van der Waals surface area contributed by atoms with E-state index in [1.807, 2.05) is 19.1 Å². The van der Waals surface area contributed by atoms with E-state index in [1.54, 1.807) is 6.20 Å². The van der Waals surface area contributed by atoms with Crippen molar-refractivity contribution in [2.24, 2.45) is 0 Å². The highest BCUT2D eigenvalue weighted by Crippen LogP contribution is 2.05. The fourth-order valence-corrected chi connectivity index (χ4v) is 0.986. The number of nitrogens with zero attached hydrogens (tertiary/aromatic N) is 2. The Morgan fingerprint density at radius 3 is 2.92 bits per heavy atom. The van der Waals surface area contributed by atoms with Crippen molar-refractivity contribution < 1.29 is 0 Å². The van der Waals surface area contributed by atoms with Gasteiger partial charge < -0.3 is 5.41 Å². The van der Waals surface area contributed by atoms with E-state index in [2.05, 4.69) is 16.9 Å². The summed E-state index contributed by atoms with van der Waals surface area (Å²) in [7, 11) is 0. The molecule has 3 heteroatoms. The Morgan fingerprint density at radius 2 is 2.31 bits per heavy atom. The molecular formula is C10H13N3. The Labute approximate surface area is 78.1 Å². The highest BCUT2D eigenvalue weighted by molar-refractivity contribution is 5.80. The number of aromatic nitrogens is 2. The molecule has 0 aliphatic heterocycles. The Bertz CT molecular complexity index is 329. The maximum Gasteiger partial charge on any atom is 0.125 e. The van der Waals surface area contributed by atoms with Gasteiger partial charge in [-0.25, -0.2) is 9.97 Å². The van der Waals surface area contributed by atoms with Crippen LogP contribution in [0.2, 0.25) is 0 Å². The van der Waals surface area contributed by atoms with Gasteiger partial charge in [-0.1, -0.05) is 19.1 Å². The fourth-order valence-electron chi connectivity index (χ4n) is 0.986. The fraction of sp³-hybridized carbons (Fsp3) is 0.300. The van der Waals surface area contributed by atoms with E-state index >= 15 is 0 Å². The molecule has 1 heterocycles. The molecule has 0 spiro atoms. The first-order valence-electron chi connectivity index (χ1n) is 4.28. The summed E-state index contributed by atoms with van der Waals surface area (Å²) in [5, 5.41) is 7.17. The monoisotopic (exact) mass is 175 g/mol. The van der Waals surface area contributed by atoms with Gasteiger partial charge in [0.05, 0.1) is 5.69 Å². The Hall–Kier alpha value is -1.51. The van der Waals surface area contributed by atoms with Crippen molar-refractivity contribution in [3.8, 4) is 0 Å². The summed E-state index contributed by atoms with van der Waals surface area (Å²) >= 11 is 0. The van der Waals surface area contributed by atoms with E-state index in [-0.39, 0.29) is 0 Å². The second kappa shape index (κ2) is 4.50. The molecule has 0 aliphatic carbocycles. The number of hydrogen-bond donors (Lipinski definition) is 1. The number of aryl methyl sites for hydroxylation is 1. The van der Waals surface area contributed by atoms with Crippen LogP contribution in [0.15, 0.2) is 12.3 Å². The maximum atomic E-state index is 7.17. The van der Waals surface area contributed by atoms with Crippen LogP contribution in [0.3, 0.4) is 0 Å². The van der Waals surface area contributed by atoms with Crippen molar-refractivity contribution in [3.63, 3.8) is 0 Å². The van der Waals surface area contributed by atoms with E-state index in [4.69, 9.17) is 5.41 Å². The maximum absolute atomic E-state index is 7.17. The molecule has 1 N–H and O–H groups in total. The minimum atomic E-state index is 0.678. The van der Waals surface area contributed by atoms with Crippen molar-refractivity contribution in [2.75, 3.05) is 0 Å². The van der Waals surface area contributed by atoms with E-state index in [9.17, 15) is 0 Å². The molecule has 3 nitrogen and oxygen atoms in total. The minimum Gasteiger partial charge on any atom is -0.306 e. The van der Waals surface area contributed by atoms with Gasteiger partial charge in [-0.15, -0.1) is 0 Å². The second-order valence-corrected chi connectivity index (χ2v) is 2.71. The molecule has 1 aromatic rings. The van der Waals surface area contributed by atoms with Crippen LogP contribution in [-0.4, -0.2) is 16.2 Å². The Morgan fingerprint density at radius 1 is 1.54 bits per heavy atom. The van der Waals surface area contributed by atoms with Crippen molar-refractivity contribution in [3.05, 3.63) is 29.4 Å². The third kappa shape index (κ3) is 2.47. The predicted octanol–water partition coefficient (Wildman–Crippen LogP) is 2.21. The molecule has 0 radical (unpaired) electrons. The predicted molar refractivity (Wildman–Crippen MR) is 54.0 cm³/mol. The van der Waals surface area contributed by atoms with Crippen molar-refractivity contribution in [1.29, 1.82) is 5.41 Å². The van der Waals surface area contributed by atoms with Crippen molar-refractivity contribution in [2.45, 2.75) is 20.3 Å². The first kappa shape index (κ1) is 9.58. The van der Waals surface area contributed by atoms with Crippen LogP contribution in [0.5, 0.6) is 0 Å². The largest absolute Gasteiger partial charge is 0.306 e. The van der Waals surface area contributed by atoms with Gasteiger partial charge in [0, 0.05) is 18.0 Å². The van der Waals surface area contributed by atoms with Crippen LogP contribution in [-0.2, 0) is 0 Å². The first-order valence-corrected chi connectivity index (χ1v) is 4.28. The summed E-state index contributed by atoms with van der Waals surface area (Å²) in [6, 6.07) is 0. The van der Waals surface area contributed by atoms with Crippen LogP contribution in [0, 0.1) is 12.3 Å². The standard InChI is InChI=1S/C10H13N3/c1-3-4-5-9-7-12-8(2)13-10(9)6-11/h4-7,11H,3H2,1-2H3/b5-4-,11-6?. The van der Waals surface area contributed by atoms with Crippen molar-refractivity contribution >= 4 is 12.3 Å². The lowest BCUT2D eigenvalue weighted by molar-refractivity contribution is 1.04. The Balaban J connectivity index is 3.06. The molecule has 1 aromatic heterocycles. The number of rotatable bonds is 3. The van der Waals surface area contributed by atoms with Gasteiger partial charge in [-0.05, 0) is 13.3 Å². The van der Waals surface area contributed by atoms with Crippen molar-refractivity contribution in [1.82, 2.24) is 9.97 Å². The van der Waals surface area contributed by atoms with Crippen LogP contribution >= 0.6 is 0 Å². The van der Waals surface area contributed by atoms with Gasteiger partial charge in [0.1, 0.15) is 5.82 Å². The highest BCUT2D eigenvalue weighted by Gasteiger charge is 1.98. The van der Waals surface area contributed by atoms with E-state index < -0.39 is 0 Å². The molecule has 0 aromatic carbocycles. The quantitative estimate of drug-likeness (QED) is 0.716. The summed E-state index contributed by atoms with van der Waals surface area (Å²) in [5.74, 6) is 0.701. The van der Waals surface area contributed by atoms with Gasteiger partial charge in [-0.3, -0.25) is 0 Å². The van der Waals surface area contributed by atoms with Gasteiger partial charge in [0.2, 0.25) is 0 Å². The zero-order chi connectivity index (χ0) is 9.68. The van der Waals surface area contributed by atoms with E-state index in [0.29, 0.717) is 11.5 Å². The molecule has 13 heavy (non-hydrogen) atoms. The minimum absolute atomic E-state index is 0.678. The molecule has 68 valence electrons. The molecular weight excluding hydrogens is 162 g/mol. The van der Waals surface area contributed by atoms with Crippen LogP contribution in [0.25, 0.3) is 6.08 Å². The van der Waals surface area contributed by atoms with Gasteiger partial charge >= 0.3 is 0 Å². The molecule has 0 saturated heterocycles. The molecule has 0 unspecified atom stereocenters. The lowest BCUT2D eigenvalue weighted by atomic mass is 10.2. The Kier molecular flexibility index (Phi) is 3.31. The lowest BCUT2D eigenvalue weighted by Crippen LogP contribution is -1.96. The SMILES string of the molecule is CC/C=C\c1cnc(C)nc1C=N. The number of hydrogen-bond acceptors (Lipinski definition) is 3. The zero-order valence-corrected chi connectivity index (χ0v) is 7.91. The van der Waals surface area contributed by atoms with E-state index in [0.717, 1.165) is 12.0 Å². The summed E-state index contributed by atoms with van der Waals surface area (Å²) in [6.45, 7) is 3.88. The summed E-state index contributed by atoms with van der Waals surface area (Å²) < 4.78 is 0. The van der Waals surface area contributed by atoms with Gasteiger partial charge in [-0.2, -0.15) is 0 Å². The molecule has 0 amide bonds. The van der Waals surface area contributed by atoms with E-state index in [1.165, 1.54) is 6.21 Å². The zero-order valence-electron chi connectivity index (χ0n) is 7.91. The molecule has 1 rings (SSSR count). The summed E-state index contributed by atoms with van der Waals surface area (Å²) in [5.41, 5.74) is 1.58. The molecule has 0 fully saturated rings. The van der Waals surface area contributed by atoms with Crippen LogP contribution in [0.4, 0.5) is 0 Å². The third-order valence-electron chi connectivity index (χ3n) is 1.64. The molecule has 0 aliphatic rings. The van der Waals surface area contributed by atoms with Gasteiger partial charge in [0.25, 0.3) is 0 Å². The molecule has 0 saturated carbocycles. The highest BCUT2D eigenvalue weighted by atomic mass is 14.9. The van der Waals surface area contributed by atoms with Gasteiger partial charge in [0.15, 0.2) is 0 Å². The summed E-state index contributed by atoms with van der Waals surface area (Å²) in [4.78, 5) is 8.21. The smallest absolute Gasteiger partial charge is 0.125 e. The number of allylic oxidation sites excluding steroid dienone is 1. The van der Waals surface area contributed by atoms with Crippen LogP contribution < -0.4 is 0 Å². The molecule has 0 bridgehead atoms. The summed E-state index contributed by atoms with van der Waals surface area (Å²) in [6.07, 6.45) is 7.95. The average molecular weight is 175 g/mol. The normalized spacial score (nSPS) is 10.6. The topological polar surface area (TPSA) is 49.6 Å². The lowest BCUT2D eigenvalue weighted by Gasteiger charge is -1.99. The first-order chi connectivity index (χ1) is 6.27. The van der Waals surface area contributed by atoms with Crippen LogP contribution in [0.1, 0.15) is 30.4 Å². The molecule has 0 atom stereocenters. The second-order valence-electron chi connectivity index (χ2n) is 2.71. The average Bonchev–Trinajstić information content (AvgIpc) is 2.16. The number of nitrogens with one attached hydrogen (secondary N) is 1. The third-order valence-corrected chi connectivity index (χ3v) is 1.64.